The van der Waals surface area contributed by atoms with Crippen LogP contribution in [0.3, 0.4) is 0 Å². The summed E-state index contributed by atoms with van der Waals surface area (Å²) in [5.41, 5.74) is 0. The molecular formula is C19H35N5O8. The zero-order valence-electron chi connectivity index (χ0n) is 18.3. The van der Waals surface area contributed by atoms with Crippen LogP contribution in [-0.4, -0.2) is 156 Å². The number of carboxylic acid groups (broad SMARTS) is 3. The van der Waals surface area contributed by atoms with Crippen LogP contribution in [0.25, 0.3) is 0 Å². The van der Waals surface area contributed by atoms with Gasteiger partial charge in [0.15, 0.2) is 0 Å². The van der Waals surface area contributed by atoms with Crippen LogP contribution in [-0.2, 0) is 19.2 Å². The van der Waals surface area contributed by atoms with E-state index in [9.17, 15) is 29.4 Å². The molecule has 0 spiro atoms. The number of aliphatic carboxylic acids is 3. The van der Waals surface area contributed by atoms with Gasteiger partial charge >= 0.3 is 17.9 Å². The molecule has 32 heavy (non-hydrogen) atoms. The molecule has 0 aliphatic carbocycles. The summed E-state index contributed by atoms with van der Waals surface area (Å²) in [6.45, 7) is 2.54. The molecule has 1 aliphatic rings. The molecule has 0 aromatic carbocycles. The fourth-order valence-corrected chi connectivity index (χ4v) is 3.35. The van der Waals surface area contributed by atoms with Crippen LogP contribution in [0.4, 0.5) is 0 Å². The molecule has 13 heteroatoms. The number of nitrogens with zero attached hydrogens (tertiary/aromatic N) is 4. The Labute approximate surface area is 187 Å². The van der Waals surface area contributed by atoms with Crippen molar-refractivity contribution in [1.29, 1.82) is 0 Å². The van der Waals surface area contributed by atoms with E-state index in [-0.39, 0.29) is 38.7 Å². The first kappa shape index (κ1) is 27.7. The molecule has 5 N–H and O–H groups in total. The third-order valence-corrected chi connectivity index (χ3v) is 5.03. The molecule has 1 rings (SSSR count). The van der Waals surface area contributed by atoms with Crippen LogP contribution in [0.1, 0.15) is 6.42 Å². The van der Waals surface area contributed by atoms with Gasteiger partial charge in [-0.05, 0) is 6.42 Å². The van der Waals surface area contributed by atoms with Crippen LogP contribution in [0, 0.1) is 0 Å². The number of rotatable bonds is 11. The minimum absolute atomic E-state index is 0.0306. The molecule has 0 aromatic rings. The molecule has 0 radical (unpaired) electrons. The lowest BCUT2D eigenvalue weighted by atomic mass is 10.3. The lowest BCUT2D eigenvalue weighted by Crippen LogP contribution is -2.49. The van der Waals surface area contributed by atoms with Crippen LogP contribution < -0.4 is 5.32 Å². The van der Waals surface area contributed by atoms with E-state index in [0.717, 1.165) is 0 Å². The van der Waals surface area contributed by atoms with Gasteiger partial charge in [0.1, 0.15) is 0 Å². The van der Waals surface area contributed by atoms with Gasteiger partial charge in [-0.2, -0.15) is 0 Å². The van der Waals surface area contributed by atoms with Gasteiger partial charge in [0.25, 0.3) is 0 Å². The van der Waals surface area contributed by atoms with Crippen molar-refractivity contribution < 1.29 is 39.6 Å². The van der Waals surface area contributed by atoms with Crippen LogP contribution in [0.5, 0.6) is 0 Å². The van der Waals surface area contributed by atoms with Gasteiger partial charge < -0.3 is 25.7 Å². The van der Waals surface area contributed by atoms with Gasteiger partial charge in [0.05, 0.1) is 26.2 Å². The van der Waals surface area contributed by atoms with Gasteiger partial charge in [-0.25, -0.2) is 0 Å². The largest absolute Gasteiger partial charge is 0.480 e. The molecule has 1 heterocycles. The molecule has 0 atom stereocenters. The van der Waals surface area contributed by atoms with E-state index in [4.69, 9.17) is 10.2 Å². The van der Waals surface area contributed by atoms with E-state index in [1.54, 1.807) is 14.7 Å². The van der Waals surface area contributed by atoms with Crippen molar-refractivity contribution in [2.75, 3.05) is 91.7 Å². The molecular weight excluding hydrogens is 426 g/mol. The summed E-state index contributed by atoms with van der Waals surface area (Å²) in [6, 6.07) is 0. The van der Waals surface area contributed by atoms with E-state index in [1.807, 2.05) is 4.90 Å². The number of hydrogen-bond donors (Lipinski definition) is 5. The zero-order valence-corrected chi connectivity index (χ0v) is 18.3. The van der Waals surface area contributed by atoms with Gasteiger partial charge in [0, 0.05) is 65.5 Å². The highest BCUT2D eigenvalue weighted by Gasteiger charge is 2.20. The monoisotopic (exact) mass is 461 g/mol. The van der Waals surface area contributed by atoms with Crippen LogP contribution >= 0.6 is 0 Å². The van der Waals surface area contributed by atoms with E-state index < -0.39 is 17.9 Å². The Kier molecular flexibility index (Phi) is 13.4. The molecule has 1 saturated heterocycles. The Morgan fingerprint density at radius 3 is 1.19 bits per heavy atom. The summed E-state index contributed by atoms with van der Waals surface area (Å²) in [4.78, 5) is 52.8. The highest BCUT2D eigenvalue weighted by atomic mass is 16.4. The minimum atomic E-state index is -1.01. The van der Waals surface area contributed by atoms with Crippen LogP contribution in [0.2, 0.25) is 0 Å². The molecule has 1 aliphatic heterocycles. The second-order valence-electron chi connectivity index (χ2n) is 7.71. The molecule has 1 fully saturated rings. The number of carbonyl (C=O) groups excluding carboxylic acids is 1. The molecule has 184 valence electrons. The number of aliphatic hydroxyl groups excluding tert-OH is 1. The smallest absolute Gasteiger partial charge is 0.317 e. The van der Waals surface area contributed by atoms with Crippen molar-refractivity contribution in [2.24, 2.45) is 0 Å². The number of nitrogens with one attached hydrogen (secondary N) is 1. The maximum Gasteiger partial charge on any atom is 0.317 e. The Morgan fingerprint density at radius 1 is 0.594 bits per heavy atom. The Balaban J connectivity index is 2.89. The van der Waals surface area contributed by atoms with Gasteiger partial charge in [-0.3, -0.25) is 38.8 Å². The lowest BCUT2D eigenvalue weighted by Gasteiger charge is -2.32. The molecule has 13 nitrogen and oxygen atoms in total. The number of aliphatic hydroxyl groups is 1. The van der Waals surface area contributed by atoms with E-state index in [0.29, 0.717) is 65.3 Å². The second-order valence-corrected chi connectivity index (χ2v) is 7.71. The second kappa shape index (κ2) is 15.5. The average Bonchev–Trinajstić information content (AvgIpc) is 2.69. The van der Waals surface area contributed by atoms with Crippen LogP contribution in [0.15, 0.2) is 0 Å². The van der Waals surface area contributed by atoms with Crippen molar-refractivity contribution >= 4 is 23.8 Å². The highest BCUT2D eigenvalue weighted by Crippen LogP contribution is 2.01. The number of carboxylic acids is 3. The van der Waals surface area contributed by atoms with Gasteiger partial charge in [-0.15, -0.1) is 0 Å². The van der Waals surface area contributed by atoms with Crippen molar-refractivity contribution in [3.05, 3.63) is 0 Å². The lowest BCUT2D eigenvalue weighted by molar-refractivity contribution is -0.140. The maximum absolute atomic E-state index is 12.2. The maximum atomic E-state index is 12.2. The number of amides is 1. The van der Waals surface area contributed by atoms with Crippen molar-refractivity contribution in [1.82, 2.24) is 24.9 Å². The van der Waals surface area contributed by atoms with Crippen molar-refractivity contribution in [3.8, 4) is 0 Å². The van der Waals surface area contributed by atoms with Crippen molar-refractivity contribution in [2.45, 2.75) is 6.42 Å². The Morgan fingerprint density at radius 2 is 0.906 bits per heavy atom. The third-order valence-electron chi connectivity index (χ3n) is 5.03. The van der Waals surface area contributed by atoms with E-state index in [1.165, 1.54) is 0 Å². The predicted molar refractivity (Wildman–Crippen MR) is 113 cm³/mol. The summed E-state index contributed by atoms with van der Waals surface area (Å²) in [7, 11) is 0. The fourth-order valence-electron chi connectivity index (χ4n) is 3.35. The van der Waals surface area contributed by atoms with E-state index >= 15 is 0 Å². The minimum Gasteiger partial charge on any atom is -0.480 e. The normalized spacial score (nSPS) is 18.4. The first-order valence-corrected chi connectivity index (χ1v) is 10.6. The highest BCUT2D eigenvalue weighted by molar-refractivity contribution is 5.78. The number of hydrogen-bond acceptors (Lipinski definition) is 9. The quantitative estimate of drug-likeness (QED) is 0.197. The summed E-state index contributed by atoms with van der Waals surface area (Å²) in [5, 5.41) is 39.1. The third kappa shape index (κ3) is 13.2. The first-order chi connectivity index (χ1) is 15.2. The van der Waals surface area contributed by atoms with E-state index in [2.05, 4.69) is 5.32 Å². The summed E-state index contributed by atoms with van der Waals surface area (Å²) in [5.74, 6) is -3.23. The fraction of sp³-hybridized carbons (Fsp3) is 0.789. The Bertz CT molecular complexity index is 589. The molecule has 0 saturated carbocycles. The molecule has 1 amide bonds. The average molecular weight is 462 g/mol. The Hall–Kier alpha value is -2.32. The summed E-state index contributed by atoms with van der Waals surface area (Å²) >= 11 is 0. The summed E-state index contributed by atoms with van der Waals surface area (Å²) in [6.07, 6.45) is 0.442. The first-order valence-electron chi connectivity index (χ1n) is 10.6. The topological polar surface area (TPSA) is 174 Å². The van der Waals surface area contributed by atoms with Crippen molar-refractivity contribution in [3.63, 3.8) is 0 Å². The predicted octanol–water partition coefficient (Wildman–Crippen LogP) is -3.04. The molecule has 0 aromatic heterocycles. The van der Waals surface area contributed by atoms with Gasteiger partial charge in [-0.1, -0.05) is 0 Å². The standard InChI is InChI=1S/C19H35N5O8/c25-11-1-2-20-16(26)12-21-3-5-22(13-17(27)28)7-9-24(15-19(31)32)10-8-23(6-4-21)14-18(29)30/h25H,1-15H2,(H,20,26)(H,27,28)(H,29,30)(H,31,32). The molecule has 0 unspecified atom stereocenters. The summed E-state index contributed by atoms with van der Waals surface area (Å²) < 4.78 is 0. The SMILES string of the molecule is O=C(O)CN1CCN(CC(=O)O)CCN(CC(=O)NCCCO)CCN(CC(=O)O)CC1. The molecule has 0 bridgehead atoms. The van der Waals surface area contributed by atoms with Gasteiger partial charge in [0.2, 0.25) is 5.91 Å². The number of carbonyl (C=O) groups is 4. The zero-order chi connectivity index (χ0) is 23.9.